The molecular weight excluding hydrogens is 485 g/mol. The number of amides is 3. The molecule has 0 aliphatic rings. The first-order valence-corrected chi connectivity index (χ1v) is 12.8. The predicted octanol–water partition coefficient (Wildman–Crippen LogP) is 6.96. The van der Waals surface area contributed by atoms with Crippen molar-refractivity contribution < 1.29 is 14.0 Å². The Morgan fingerprint density at radius 3 is 2.43 bits per heavy atom. The van der Waals surface area contributed by atoms with E-state index in [1.807, 2.05) is 19.1 Å². The van der Waals surface area contributed by atoms with Gasteiger partial charge in [-0.1, -0.05) is 50.1 Å². The lowest BCUT2D eigenvalue weighted by molar-refractivity contribution is -0.133. The predicted molar refractivity (Wildman–Crippen MR) is 141 cm³/mol. The smallest absolute Gasteiger partial charge is 0.322 e. The van der Waals surface area contributed by atoms with Crippen LogP contribution in [0.1, 0.15) is 35.6 Å². The Kier molecular flexibility index (Phi) is 9.69. The van der Waals surface area contributed by atoms with E-state index in [0.717, 1.165) is 21.7 Å². The van der Waals surface area contributed by atoms with Crippen LogP contribution in [0.5, 0.6) is 0 Å². The molecule has 3 rings (SSSR count). The van der Waals surface area contributed by atoms with Crippen LogP contribution >= 0.6 is 22.9 Å². The first-order chi connectivity index (χ1) is 16.7. The molecule has 0 aliphatic heterocycles. The van der Waals surface area contributed by atoms with Crippen LogP contribution in [-0.4, -0.2) is 34.8 Å². The van der Waals surface area contributed by atoms with Gasteiger partial charge in [0.1, 0.15) is 12.4 Å². The lowest BCUT2D eigenvalue weighted by Gasteiger charge is -2.29. The molecule has 0 spiro atoms. The Bertz CT molecular complexity index is 1140. The van der Waals surface area contributed by atoms with Crippen molar-refractivity contribution in [2.24, 2.45) is 5.92 Å². The zero-order valence-corrected chi connectivity index (χ0v) is 21.8. The molecule has 186 valence electrons. The Labute approximate surface area is 215 Å². The summed E-state index contributed by atoms with van der Waals surface area (Å²) in [4.78, 5) is 32.2. The molecule has 0 fully saturated rings. The average Bonchev–Trinajstić information content (AvgIpc) is 3.23. The summed E-state index contributed by atoms with van der Waals surface area (Å²) < 4.78 is 13.4. The average molecular weight is 516 g/mol. The van der Waals surface area contributed by atoms with Gasteiger partial charge in [-0.3, -0.25) is 4.79 Å². The van der Waals surface area contributed by atoms with Gasteiger partial charge in [-0.25, -0.2) is 9.18 Å². The monoisotopic (exact) mass is 515 g/mol. The number of anilines is 1. The van der Waals surface area contributed by atoms with E-state index < -0.39 is 0 Å². The molecule has 5 nitrogen and oxygen atoms in total. The van der Waals surface area contributed by atoms with E-state index >= 15 is 0 Å². The molecule has 8 heteroatoms. The summed E-state index contributed by atoms with van der Waals surface area (Å²) in [5.74, 6) is -0.277. The van der Waals surface area contributed by atoms with Crippen LogP contribution in [0.3, 0.4) is 0 Å². The largest absolute Gasteiger partial charge is 0.332 e. The van der Waals surface area contributed by atoms with Gasteiger partial charge in [0.05, 0.1) is 6.54 Å². The second-order valence-corrected chi connectivity index (χ2v) is 10.5. The Morgan fingerprint density at radius 1 is 1.06 bits per heavy atom. The Hall–Kier alpha value is -2.90. The van der Waals surface area contributed by atoms with E-state index in [1.54, 1.807) is 57.5 Å². The minimum atomic E-state index is -0.352. The first kappa shape index (κ1) is 26.7. The third-order valence-electron chi connectivity index (χ3n) is 5.70. The second kappa shape index (κ2) is 12.7. The number of carbonyl (C=O) groups excluding carboxylic acids is 2. The summed E-state index contributed by atoms with van der Waals surface area (Å²) in [6.07, 6.45) is 0.878. The maximum Gasteiger partial charge on any atom is 0.322 e. The molecule has 1 N–H and O–H groups in total. The van der Waals surface area contributed by atoms with Gasteiger partial charge in [-0.05, 0) is 60.9 Å². The number of benzene rings is 2. The van der Waals surface area contributed by atoms with Crippen LogP contribution in [-0.2, 0) is 17.9 Å². The number of hydrogen-bond acceptors (Lipinski definition) is 3. The highest BCUT2D eigenvalue weighted by Crippen LogP contribution is 2.20. The number of aryl methyl sites for hydroxylation is 1. The highest BCUT2D eigenvalue weighted by molar-refractivity contribution is 7.11. The fraction of sp³-hybridized carbons (Fsp3) is 0.333. The third-order valence-corrected chi connectivity index (χ3v) is 6.92. The Balaban J connectivity index is 1.79. The van der Waals surface area contributed by atoms with E-state index in [0.29, 0.717) is 30.3 Å². The molecule has 1 heterocycles. The van der Waals surface area contributed by atoms with Gasteiger partial charge >= 0.3 is 6.03 Å². The fourth-order valence-electron chi connectivity index (χ4n) is 3.56. The first-order valence-electron chi connectivity index (χ1n) is 11.6. The molecule has 1 atom stereocenters. The molecular formula is C27H31ClFN3O2S. The van der Waals surface area contributed by atoms with Gasteiger partial charge in [-0.15, -0.1) is 11.3 Å². The van der Waals surface area contributed by atoms with E-state index in [9.17, 15) is 14.0 Å². The van der Waals surface area contributed by atoms with Crippen molar-refractivity contribution in [3.63, 3.8) is 0 Å². The van der Waals surface area contributed by atoms with E-state index in [-0.39, 0.29) is 30.2 Å². The molecule has 35 heavy (non-hydrogen) atoms. The minimum Gasteiger partial charge on any atom is -0.332 e. The molecule has 1 unspecified atom stereocenters. The fourth-order valence-corrected chi connectivity index (χ4v) is 4.65. The number of urea groups is 1. The summed E-state index contributed by atoms with van der Waals surface area (Å²) in [5.41, 5.74) is 1.39. The van der Waals surface area contributed by atoms with Crippen molar-refractivity contribution in [3.8, 4) is 0 Å². The second-order valence-electron chi connectivity index (χ2n) is 8.72. The molecule has 0 bridgehead atoms. The number of hydrogen-bond donors (Lipinski definition) is 1. The van der Waals surface area contributed by atoms with Crippen LogP contribution in [0.2, 0.25) is 5.02 Å². The van der Waals surface area contributed by atoms with Crippen molar-refractivity contribution in [2.45, 2.75) is 40.3 Å². The van der Waals surface area contributed by atoms with Gasteiger partial charge in [-0.2, -0.15) is 0 Å². The maximum atomic E-state index is 13.5. The SMILES string of the molecule is CCC(C)CN(CC(=O)N(Cc1ccc(F)cc1)Cc1ccc(C)s1)C(=O)Nc1cccc(Cl)c1. The molecule has 0 radical (unpaired) electrons. The van der Waals surface area contributed by atoms with Gasteiger partial charge in [0.2, 0.25) is 5.91 Å². The summed E-state index contributed by atoms with van der Waals surface area (Å²) in [6, 6.07) is 16.7. The molecule has 1 aromatic heterocycles. The highest BCUT2D eigenvalue weighted by atomic mass is 35.5. The zero-order chi connectivity index (χ0) is 25.4. The summed E-state index contributed by atoms with van der Waals surface area (Å²) in [6.45, 7) is 7.24. The molecule has 3 amide bonds. The van der Waals surface area contributed by atoms with Crippen LogP contribution < -0.4 is 5.32 Å². The van der Waals surface area contributed by atoms with Gasteiger partial charge < -0.3 is 15.1 Å². The number of carbonyl (C=O) groups is 2. The third kappa shape index (κ3) is 8.37. The Morgan fingerprint density at radius 2 is 1.80 bits per heavy atom. The summed E-state index contributed by atoms with van der Waals surface area (Å²) >= 11 is 7.69. The van der Waals surface area contributed by atoms with Crippen LogP contribution in [0.4, 0.5) is 14.9 Å². The maximum absolute atomic E-state index is 13.5. The topological polar surface area (TPSA) is 52.7 Å². The molecule has 0 saturated heterocycles. The van der Waals surface area contributed by atoms with Crippen LogP contribution in [0.25, 0.3) is 0 Å². The van der Waals surface area contributed by atoms with Crippen molar-refractivity contribution >= 4 is 40.6 Å². The quantitative estimate of drug-likeness (QED) is 0.317. The highest BCUT2D eigenvalue weighted by Gasteiger charge is 2.24. The van der Waals surface area contributed by atoms with Crippen molar-refractivity contribution in [3.05, 3.63) is 86.8 Å². The minimum absolute atomic E-state index is 0.0672. The number of thiophene rings is 1. The van der Waals surface area contributed by atoms with E-state index in [2.05, 4.69) is 19.2 Å². The van der Waals surface area contributed by atoms with Gasteiger partial charge in [0.25, 0.3) is 0 Å². The van der Waals surface area contributed by atoms with Gasteiger partial charge in [0, 0.05) is 33.6 Å². The van der Waals surface area contributed by atoms with E-state index in [4.69, 9.17) is 11.6 Å². The summed E-state index contributed by atoms with van der Waals surface area (Å²) in [7, 11) is 0. The number of nitrogens with one attached hydrogen (secondary N) is 1. The molecule has 2 aromatic carbocycles. The zero-order valence-electron chi connectivity index (χ0n) is 20.3. The number of nitrogens with zero attached hydrogens (tertiary/aromatic N) is 2. The van der Waals surface area contributed by atoms with Gasteiger partial charge in [0.15, 0.2) is 0 Å². The normalized spacial score (nSPS) is 11.7. The van der Waals surface area contributed by atoms with E-state index in [1.165, 1.54) is 12.1 Å². The molecule has 0 saturated carbocycles. The number of halogens is 2. The summed E-state index contributed by atoms with van der Waals surface area (Å²) in [5, 5.41) is 3.38. The van der Waals surface area contributed by atoms with Crippen molar-refractivity contribution in [2.75, 3.05) is 18.4 Å². The van der Waals surface area contributed by atoms with Crippen molar-refractivity contribution in [1.82, 2.24) is 9.80 Å². The molecule has 3 aromatic rings. The van der Waals surface area contributed by atoms with Crippen LogP contribution in [0, 0.1) is 18.7 Å². The lowest BCUT2D eigenvalue weighted by Crippen LogP contribution is -2.45. The lowest BCUT2D eigenvalue weighted by atomic mass is 10.1. The standard InChI is InChI=1S/C27H31ClFN3O2S/c1-4-19(2)15-32(27(34)30-24-7-5-6-22(28)14-24)18-26(33)31(17-25-13-8-20(3)35-25)16-21-9-11-23(29)12-10-21/h5-14,19H,4,15-18H2,1-3H3,(H,30,34). The number of rotatable bonds is 10. The van der Waals surface area contributed by atoms with Crippen LogP contribution in [0.15, 0.2) is 60.7 Å². The molecule has 0 aliphatic carbocycles. The van der Waals surface area contributed by atoms with Crippen molar-refractivity contribution in [1.29, 1.82) is 0 Å².